The molecule has 1 aliphatic rings. The Morgan fingerprint density at radius 1 is 1.39 bits per heavy atom. The number of hydrogen-bond acceptors (Lipinski definition) is 5. The summed E-state index contributed by atoms with van der Waals surface area (Å²) in [5, 5.41) is 18.9. The molecule has 4 N–H and O–H groups in total. The highest BCUT2D eigenvalue weighted by Gasteiger charge is 2.38. The summed E-state index contributed by atoms with van der Waals surface area (Å²) < 4.78 is 16.7. The van der Waals surface area contributed by atoms with Crippen LogP contribution in [0.4, 0.5) is 0 Å². The van der Waals surface area contributed by atoms with Gasteiger partial charge in [-0.3, -0.25) is 4.57 Å². The third kappa shape index (κ3) is 4.67. The number of aliphatic hydroxyl groups is 2. The molecule has 0 bridgehead atoms. The van der Waals surface area contributed by atoms with Crippen LogP contribution in [0.5, 0.6) is 0 Å². The molecule has 1 fully saturated rings. The lowest BCUT2D eigenvalue weighted by molar-refractivity contribution is 0.0413. The summed E-state index contributed by atoms with van der Waals surface area (Å²) >= 11 is 0. The second kappa shape index (κ2) is 5.64. The fourth-order valence-electron chi connectivity index (χ4n) is 1.59. The summed E-state index contributed by atoms with van der Waals surface area (Å²) in [6.07, 6.45) is 1.19. The van der Waals surface area contributed by atoms with Crippen LogP contribution in [0.2, 0.25) is 0 Å². The van der Waals surface area contributed by atoms with E-state index in [2.05, 4.69) is 6.30 Å². The predicted molar refractivity (Wildman–Crippen MR) is 72.4 cm³/mol. The van der Waals surface area contributed by atoms with Crippen molar-refractivity contribution in [3.8, 4) is 0 Å². The molecule has 0 aromatic carbocycles. The molecule has 2 radical (unpaired) electrons. The maximum Gasteiger partial charge on any atom is 0.228 e. The zero-order chi connectivity index (χ0) is 14.1. The summed E-state index contributed by atoms with van der Waals surface area (Å²) in [6.45, 7) is 1.42. The summed E-state index contributed by atoms with van der Waals surface area (Å²) in [4.78, 5) is 19.1. The largest absolute Gasteiger partial charge is 0.388 e. The number of aliphatic hydroxyl groups excluding tert-OH is 2. The molecule has 18 heavy (non-hydrogen) atoms. The Morgan fingerprint density at radius 3 is 2.33 bits per heavy atom. The summed E-state index contributed by atoms with van der Waals surface area (Å²) in [7, 11) is -0.962. The van der Waals surface area contributed by atoms with Crippen LogP contribution in [0.1, 0.15) is 0 Å². The van der Waals surface area contributed by atoms with Gasteiger partial charge in [0.25, 0.3) is 0 Å². The molecule has 0 aromatic rings. The normalized spacial score (nSPS) is 39.6. The van der Waals surface area contributed by atoms with Gasteiger partial charge in [0.1, 0.15) is 26.2 Å². The summed E-state index contributed by atoms with van der Waals surface area (Å²) in [5.74, 6) is 0.666. The van der Waals surface area contributed by atoms with Gasteiger partial charge < -0.3 is 24.7 Å². The third-order valence-corrected chi connectivity index (χ3v) is 7.05. The average Bonchev–Trinajstić information content (AvgIpc) is 2.39. The molecule has 3 unspecified atom stereocenters. The van der Waals surface area contributed by atoms with Gasteiger partial charge in [0, 0.05) is 13.1 Å². The zero-order valence-electron chi connectivity index (χ0n) is 9.96. The van der Waals surface area contributed by atoms with E-state index in [0.717, 1.165) is 5.82 Å². The molecule has 0 aliphatic carbocycles. The van der Waals surface area contributed by atoms with Crippen LogP contribution in [-0.2, 0) is 9.30 Å². The lowest BCUT2D eigenvalue weighted by atomic mass is 9.93. The van der Waals surface area contributed by atoms with Gasteiger partial charge >= 0.3 is 0 Å². The Bertz CT molecular complexity index is 419. The smallest absolute Gasteiger partial charge is 0.228 e. The van der Waals surface area contributed by atoms with E-state index in [-0.39, 0.29) is 5.90 Å². The first-order chi connectivity index (χ1) is 8.02. The van der Waals surface area contributed by atoms with Gasteiger partial charge in [-0.2, -0.15) is 0 Å². The molecule has 6 atom stereocenters. The van der Waals surface area contributed by atoms with E-state index in [9.17, 15) is 24.6 Å². The third-order valence-electron chi connectivity index (χ3n) is 2.35. The number of rotatable bonds is 4. The van der Waals surface area contributed by atoms with Crippen LogP contribution >= 0.6 is 14.5 Å². The first-order valence-corrected chi connectivity index (χ1v) is 9.70. The van der Waals surface area contributed by atoms with Crippen molar-refractivity contribution in [2.75, 3.05) is 12.6 Å². The quantitative estimate of drug-likeness (QED) is 0.405. The first kappa shape index (κ1) is 16.2. The molecular weight excluding hydrogens is 277 g/mol. The topological polar surface area (TPSA) is 107 Å². The van der Waals surface area contributed by atoms with E-state index in [1.165, 1.54) is 12.7 Å². The lowest BCUT2D eigenvalue weighted by Crippen LogP contribution is -2.31. The lowest BCUT2D eigenvalue weighted by Gasteiger charge is -2.15. The molecule has 0 aromatic heterocycles. The van der Waals surface area contributed by atoms with Gasteiger partial charge in [0.15, 0.2) is 0 Å². The van der Waals surface area contributed by atoms with Crippen molar-refractivity contribution in [3.63, 3.8) is 0 Å². The molecular formula is C9H17BO6P2. The van der Waals surface area contributed by atoms with Gasteiger partial charge in [0.2, 0.25) is 7.37 Å². The number of hydrogen-bond donors (Lipinski definition) is 4. The van der Waals surface area contributed by atoms with Crippen molar-refractivity contribution in [2.24, 2.45) is 0 Å². The highest BCUT2D eigenvalue weighted by molar-refractivity contribution is 7.81. The van der Waals surface area contributed by atoms with Crippen LogP contribution < -0.4 is 0 Å². The van der Waals surface area contributed by atoms with Crippen molar-refractivity contribution in [1.82, 2.24) is 0 Å². The highest BCUT2D eigenvalue weighted by atomic mass is 31.2. The molecule has 0 spiro atoms. The molecule has 1 aliphatic heterocycles. The van der Waals surface area contributed by atoms with E-state index < -0.39 is 38.8 Å². The van der Waals surface area contributed by atoms with Crippen molar-refractivity contribution in [1.29, 1.82) is 0 Å². The second-order valence-electron chi connectivity index (χ2n) is 4.62. The molecule has 102 valence electrons. The number of ether oxygens (including phenoxy) is 1. The van der Waals surface area contributed by atoms with Gasteiger partial charge in [-0.25, -0.2) is 0 Å². The van der Waals surface area contributed by atoms with Crippen LogP contribution in [0, 0.1) is 0 Å². The fraction of sp³-hybridized carbons (Fsp3) is 0.667. The molecule has 0 amide bonds. The van der Waals surface area contributed by atoms with Crippen LogP contribution in [-0.4, -0.2) is 71.0 Å². The minimum absolute atomic E-state index is 0.312. The van der Waals surface area contributed by atoms with Crippen molar-refractivity contribution in [3.05, 3.63) is 11.9 Å². The molecule has 1 heterocycles. The Labute approximate surface area is 107 Å². The van der Waals surface area contributed by atoms with E-state index in [0.29, 0.717) is 0 Å². The van der Waals surface area contributed by atoms with Crippen molar-refractivity contribution < 1.29 is 29.3 Å². The minimum Gasteiger partial charge on any atom is -0.388 e. The van der Waals surface area contributed by atoms with E-state index in [1.54, 1.807) is 0 Å². The van der Waals surface area contributed by atoms with Gasteiger partial charge in [-0.1, -0.05) is 6.30 Å². The zero-order valence-corrected chi connectivity index (χ0v) is 11.7. The van der Waals surface area contributed by atoms with E-state index in [4.69, 9.17) is 12.6 Å². The van der Waals surface area contributed by atoms with Crippen molar-refractivity contribution in [2.45, 2.75) is 24.3 Å². The maximum atomic E-state index is 11.7. The molecule has 0 saturated carbocycles. The van der Waals surface area contributed by atoms with Gasteiger partial charge in [0.05, 0.1) is 5.90 Å². The molecule has 1 saturated heterocycles. The Kier molecular flexibility index (Phi) is 5.07. The molecule has 6 nitrogen and oxygen atoms in total. The minimum atomic E-state index is -3.69. The molecule has 9 heteroatoms. The second-order valence-corrected chi connectivity index (χ2v) is 10.2. The van der Waals surface area contributed by atoms with Gasteiger partial charge in [-0.15, -0.1) is 0 Å². The summed E-state index contributed by atoms with van der Waals surface area (Å²) in [6, 6.07) is -1.03. The fourth-order valence-corrected chi connectivity index (χ4v) is 5.90. The van der Waals surface area contributed by atoms with Crippen LogP contribution in [0.25, 0.3) is 0 Å². The summed E-state index contributed by atoms with van der Waals surface area (Å²) in [5.41, 5.74) is 0. The maximum absolute atomic E-state index is 11.7. The van der Waals surface area contributed by atoms with E-state index >= 15 is 0 Å². The molecule has 1 rings (SSSR count). The van der Waals surface area contributed by atoms with Crippen LogP contribution in [0.15, 0.2) is 11.9 Å². The average molecular weight is 294 g/mol. The van der Waals surface area contributed by atoms with Gasteiger partial charge in [-0.05, 0) is 18.6 Å². The Morgan fingerprint density at radius 2 is 1.94 bits per heavy atom. The van der Waals surface area contributed by atoms with E-state index in [1.807, 2.05) is 0 Å². The monoisotopic (exact) mass is 294 g/mol. The Balaban J connectivity index is 2.70. The highest BCUT2D eigenvalue weighted by Crippen LogP contribution is 2.55. The van der Waals surface area contributed by atoms with Crippen LogP contribution in [0.3, 0.4) is 0 Å². The SMILES string of the molecule is [B][C@@H]1O[C@H](/C=C/P(=O)(O)CP(=C)(C)O)C(O)[C@@H]1O. The predicted octanol–water partition coefficient (Wildman–Crippen LogP) is -0.670. The van der Waals surface area contributed by atoms with Crippen molar-refractivity contribution >= 4 is 28.6 Å². The first-order valence-electron chi connectivity index (χ1n) is 5.22. The standard InChI is InChI=1S/C9H17BO6P2/c1-17(2,13)5-18(14,15)4-3-6-7(11)8(12)9(10)16-6/h3-4,6-9,11-13H,1,5H2,2H3,(H,14,15)/b4-3+/t6-,7?,8+,9-,17?/m1/s1. The Hall–Kier alpha value is 0.135.